The normalized spacial score (nSPS) is 17.6. The molecule has 1 N–H and O–H groups in total. The Morgan fingerprint density at radius 1 is 1.24 bits per heavy atom. The van der Waals surface area contributed by atoms with Crippen LogP contribution in [0.5, 0.6) is 0 Å². The van der Waals surface area contributed by atoms with E-state index in [4.69, 9.17) is 4.74 Å². The summed E-state index contributed by atoms with van der Waals surface area (Å²) < 4.78 is 32.1. The Balaban J connectivity index is 1.91. The van der Waals surface area contributed by atoms with E-state index in [0.29, 0.717) is 36.4 Å². The van der Waals surface area contributed by atoms with Gasteiger partial charge in [0.1, 0.15) is 4.21 Å². The standard InChI is InChI=1S/C17H28N2O4S2/c1-13(2)4-5-14(3)18-16(20)12-15-6-7-17(24-15)25(21,22)19-8-10-23-11-9-19/h6-7,13-14H,4-5,8-12H2,1-3H3,(H,18,20)/t14-/m0/s1. The minimum atomic E-state index is -3.48. The van der Waals surface area contributed by atoms with Gasteiger partial charge in [0.15, 0.2) is 0 Å². The van der Waals surface area contributed by atoms with Crippen LogP contribution in [0.4, 0.5) is 0 Å². The summed E-state index contributed by atoms with van der Waals surface area (Å²) in [6.07, 6.45) is 2.24. The molecule has 1 aliphatic heterocycles. The maximum absolute atomic E-state index is 12.6. The lowest BCUT2D eigenvalue weighted by atomic mass is 10.0. The Hall–Kier alpha value is -0.960. The lowest BCUT2D eigenvalue weighted by molar-refractivity contribution is -0.121. The highest BCUT2D eigenvalue weighted by atomic mass is 32.2. The van der Waals surface area contributed by atoms with E-state index in [9.17, 15) is 13.2 Å². The van der Waals surface area contributed by atoms with Gasteiger partial charge < -0.3 is 10.1 Å². The van der Waals surface area contributed by atoms with Gasteiger partial charge >= 0.3 is 0 Å². The molecule has 1 aromatic heterocycles. The Morgan fingerprint density at radius 2 is 1.92 bits per heavy atom. The number of sulfonamides is 1. The van der Waals surface area contributed by atoms with Crippen molar-refractivity contribution in [3.63, 3.8) is 0 Å². The average molecular weight is 389 g/mol. The number of carbonyl (C=O) groups excluding carboxylic acids is 1. The Bertz CT molecular complexity index is 664. The molecule has 6 nitrogen and oxygen atoms in total. The third-order valence-electron chi connectivity index (χ3n) is 4.12. The topological polar surface area (TPSA) is 75.7 Å². The van der Waals surface area contributed by atoms with Crippen molar-refractivity contribution < 1.29 is 17.9 Å². The summed E-state index contributed by atoms with van der Waals surface area (Å²) in [6.45, 7) is 7.94. The van der Waals surface area contributed by atoms with Crippen molar-refractivity contribution in [1.82, 2.24) is 9.62 Å². The Kier molecular flexibility index (Phi) is 7.42. The molecule has 1 amide bonds. The third-order valence-corrected chi connectivity index (χ3v) is 7.57. The molecule has 142 valence electrons. The number of ether oxygens (including phenoxy) is 1. The van der Waals surface area contributed by atoms with Gasteiger partial charge in [-0.2, -0.15) is 4.31 Å². The SMILES string of the molecule is CC(C)CC[C@H](C)NC(=O)Cc1ccc(S(=O)(=O)N2CCOCC2)s1. The number of nitrogens with one attached hydrogen (secondary N) is 1. The zero-order valence-corrected chi connectivity index (χ0v) is 16.8. The second-order valence-electron chi connectivity index (χ2n) is 6.85. The zero-order chi connectivity index (χ0) is 18.4. The minimum absolute atomic E-state index is 0.0616. The third kappa shape index (κ3) is 6.06. The van der Waals surface area contributed by atoms with E-state index in [1.54, 1.807) is 12.1 Å². The first kappa shape index (κ1) is 20.4. The molecular formula is C17H28N2O4S2. The van der Waals surface area contributed by atoms with Gasteiger partial charge in [-0.3, -0.25) is 4.79 Å². The zero-order valence-electron chi connectivity index (χ0n) is 15.2. The number of hydrogen-bond donors (Lipinski definition) is 1. The molecule has 8 heteroatoms. The second-order valence-corrected chi connectivity index (χ2v) is 10.2. The van der Waals surface area contributed by atoms with Gasteiger partial charge in [-0.1, -0.05) is 13.8 Å². The molecule has 2 rings (SSSR count). The van der Waals surface area contributed by atoms with E-state index < -0.39 is 10.0 Å². The van der Waals surface area contributed by atoms with Gasteiger partial charge in [0, 0.05) is 24.0 Å². The summed E-state index contributed by atoms with van der Waals surface area (Å²) in [5, 5.41) is 2.99. The number of rotatable bonds is 8. The molecule has 1 atom stereocenters. The molecule has 2 heterocycles. The molecule has 0 bridgehead atoms. The van der Waals surface area contributed by atoms with E-state index in [1.165, 1.54) is 15.6 Å². The van der Waals surface area contributed by atoms with Crippen LogP contribution in [0.15, 0.2) is 16.3 Å². The lowest BCUT2D eigenvalue weighted by Crippen LogP contribution is -2.40. The fraction of sp³-hybridized carbons (Fsp3) is 0.706. The van der Waals surface area contributed by atoms with E-state index >= 15 is 0 Å². The van der Waals surface area contributed by atoms with E-state index in [0.717, 1.165) is 17.7 Å². The maximum atomic E-state index is 12.6. The fourth-order valence-electron chi connectivity index (χ4n) is 2.65. The first-order valence-corrected chi connectivity index (χ1v) is 11.0. The van der Waals surface area contributed by atoms with Crippen molar-refractivity contribution >= 4 is 27.3 Å². The summed E-state index contributed by atoms with van der Waals surface area (Å²) in [4.78, 5) is 12.9. The molecule has 0 aliphatic carbocycles. The summed E-state index contributed by atoms with van der Waals surface area (Å²) in [5.41, 5.74) is 0. The highest BCUT2D eigenvalue weighted by Gasteiger charge is 2.27. The van der Waals surface area contributed by atoms with Crippen molar-refractivity contribution in [3.8, 4) is 0 Å². The Labute approximate surface area is 154 Å². The van der Waals surface area contributed by atoms with E-state index in [-0.39, 0.29) is 18.4 Å². The van der Waals surface area contributed by atoms with Gasteiger partial charge in [-0.05, 0) is 37.8 Å². The predicted octanol–water partition coefficient (Wildman–Crippen LogP) is 2.25. The average Bonchev–Trinajstić information content (AvgIpc) is 3.03. The molecule has 0 aromatic carbocycles. The van der Waals surface area contributed by atoms with Crippen molar-refractivity contribution in [1.29, 1.82) is 0 Å². The first-order chi connectivity index (χ1) is 11.8. The molecule has 0 radical (unpaired) electrons. The maximum Gasteiger partial charge on any atom is 0.252 e. The molecule has 0 spiro atoms. The minimum Gasteiger partial charge on any atom is -0.379 e. The molecule has 1 aliphatic rings. The van der Waals surface area contributed by atoms with Crippen molar-refractivity contribution in [2.75, 3.05) is 26.3 Å². The predicted molar refractivity (Wildman–Crippen MR) is 99.3 cm³/mol. The van der Waals surface area contributed by atoms with Gasteiger partial charge in [0.25, 0.3) is 10.0 Å². The van der Waals surface area contributed by atoms with E-state index in [2.05, 4.69) is 19.2 Å². The van der Waals surface area contributed by atoms with Gasteiger partial charge in [0.2, 0.25) is 5.91 Å². The van der Waals surface area contributed by atoms with Crippen molar-refractivity contribution in [2.45, 2.75) is 50.3 Å². The van der Waals surface area contributed by atoms with Crippen molar-refractivity contribution in [3.05, 3.63) is 17.0 Å². The molecule has 1 saturated heterocycles. The highest BCUT2D eigenvalue weighted by molar-refractivity contribution is 7.91. The van der Waals surface area contributed by atoms with Crippen LogP contribution in [0.3, 0.4) is 0 Å². The largest absolute Gasteiger partial charge is 0.379 e. The summed E-state index contributed by atoms with van der Waals surface area (Å²) in [6, 6.07) is 3.46. The molecule has 1 fully saturated rings. The van der Waals surface area contributed by atoms with Crippen LogP contribution in [-0.2, 0) is 26.0 Å². The monoisotopic (exact) mass is 388 g/mol. The number of amides is 1. The van der Waals surface area contributed by atoms with Gasteiger partial charge in [-0.15, -0.1) is 11.3 Å². The number of carbonyl (C=O) groups is 1. The van der Waals surface area contributed by atoms with Crippen LogP contribution in [0.2, 0.25) is 0 Å². The quantitative estimate of drug-likeness (QED) is 0.741. The molecule has 1 aromatic rings. The summed E-state index contributed by atoms with van der Waals surface area (Å²) >= 11 is 1.18. The Morgan fingerprint density at radius 3 is 2.56 bits per heavy atom. The lowest BCUT2D eigenvalue weighted by Gasteiger charge is -2.25. The van der Waals surface area contributed by atoms with Crippen LogP contribution in [0.25, 0.3) is 0 Å². The van der Waals surface area contributed by atoms with Crippen LogP contribution in [0, 0.1) is 5.92 Å². The molecular weight excluding hydrogens is 360 g/mol. The number of thiophene rings is 1. The highest BCUT2D eigenvalue weighted by Crippen LogP contribution is 2.26. The molecule has 0 unspecified atom stereocenters. The molecule has 0 saturated carbocycles. The first-order valence-electron chi connectivity index (χ1n) is 8.75. The van der Waals surface area contributed by atoms with Gasteiger partial charge in [0.05, 0.1) is 19.6 Å². The number of nitrogens with zero attached hydrogens (tertiary/aromatic N) is 1. The number of morpholine rings is 1. The fourth-order valence-corrected chi connectivity index (χ4v) is 5.56. The van der Waals surface area contributed by atoms with Crippen LogP contribution in [0.1, 0.15) is 38.5 Å². The number of hydrogen-bond acceptors (Lipinski definition) is 5. The van der Waals surface area contributed by atoms with Crippen LogP contribution < -0.4 is 5.32 Å². The summed E-state index contributed by atoms with van der Waals surface area (Å²) in [5.74, 6) is 0.554. The summed E-state index contributed by atoms with van der Waals surface area (Å²) in [7, 11) is -3.48. The van der Waals surface area contributed by atoms with E-state index in [1.807, 2.05) is 6.92 Å². The molecule has 25 heavy (non-hydrogen) atoms. The van der Waals surface area contributed by atoms with Crippen LogP contribution in [-0.4, -0.2) is 51.0 Å². The van der Waals surface area contributed by atoms with Crippen molar-refractivity contribution in [2.24, 2.45) is 5.92 Å². The smallest absolute Gasteiger partial charge is 0.252 e. The second kappa shape index (κ2) is 9.12. The van der Waals surface area contributed by atoms with Gasteiger partial charge in [-0.25, -0.2) is 8.42 Å². The van der Waals surface area contributed by atoms with Crippen LogP contribution >= 0.6 is 11.3 Å².